The summed E-state index contributed by atoms with van der Waals surface area (Å²) in [4.78, 5) is 24.7. The molecule has 0 unspecified atom stereocenters. The number of hydrogen-bond donors (Lipinski definition) is 1. The molecule has 0 aliphatic rings. The number of nitro benzene ring substituents is 1. The van der Waals surface area contributed by atoms with Crippen LogP contribution in [0.3, 0.4) is 0 Å². The Morgan fingerprint density at radius 2 is 2.15 bits per heavy atom. The summed E-state index contributed by atoms with van der Waals surface area (Å²) in [5, 5.41) is 19.6. The fourth-order valence-corrected chi connectivity index (χ4v) is 1.93. The fourth-order valence-electron chi connectivity index (χ4n) is 1.44. The van der Waals surface area contributed by atoms with E-state index in [9.17, 15) is 14.9 Å². The van der Waals surface area contributed by atoms with Gasteiger partial charge in [-0.05, 0) is 28.1 Å². The molecule has 1 heterocycles. The number of ether oxygens (including phenoxy) is 1. The van der Waals surface area contributed by atoms with Crippen LogP contribution in [-0.4, -0.2) is 21.0 Å². The van der Waals surface area contributed by atoms with Crippen molar-refractivity contribution in [1.29, 1.82) is 0 Å². The Morgan fingerprint density at radius 3 is 2.80 bits per heavy atom. The maximum Gasteiger partial charge on any atom is 0.354 e. The molecule has 7 nitrogen and oxygen atoms in total. The summed E-state index contributed by atoms with van der Waals surface area (Å²) in [7, 11) is 0. The highest BCUT2D eigenvalue weighted by Gasteiger charge is 2.16. The highest BCUT2D eigenvalue weighted by Crippen LogP contribution is 2.36. The van der Waals surface area contributed by atoms with Crippen LogP contribution in [0, 0.1) is 10.1 Å². The van der Waals surface area contributed by atoms with E-state index >= 15 is 0 Å². The number of halogens is 1. The summed E-state index contributed by atoms with van der Waals surface area (Å²) in [6.45, 7) is 0. The molecule has 0 atom stereocenters. The van der Waals surface area contributed by atoms with Gasteiger partial charge < -0.3 is 9.84 Å². The van der Waals surface area contributed by atoms with E-state index in [1.165, 1.54) is 36.5 Å². The largest absolute Gasteiger partial charge is 0.477 e. The van der Waals surface area contributed by atoms with Crippen LogP contribution < -0.4 is 4.74 Å². The first kappa shape index (κ1) is 13.9. The number of aromatic carboxylic acids is 1. The molecule has 0 saturated carbocycles. The lowest BCUT2D eigenvalue weighted by atomic mass is 10.3. The quantitative estimate of drug-likeness (QED) is 0.678. The van der Waals surface area contributed by atoms with Gasteiger partial charge in [0.2, 0.25) is 0 Å². The highest BCUT2D eigenvalue weighted by molar-refractivity contribution is 9.10. The summed E-state index contributed by atoms with van der Waals surface area (Å²) < 4.78 is 5.62. The predicted octanol–water partition coefficient (Wildman–Crippen LogP) is 3.24. The molecule has 0 spiro atoms. The van der Waals surface area contributed by atoms with E-state index in [0.717, 1.165) is 0 Å². The number of nitrogens with zero attached hydrogens (tertiary/aromatic N) is 2. The van der Waals surface area contributed by atoms with Gasteiger partial charge in [-0.2, -0.15) is 0 Å². The van der Waals surface area contributed by atoms with Crippen molar-refractivity contribution in [3.63, 3.8) is 0 Å². The monoisotopic (exact) mass is 338 g/mol. The molecule has 102 valence electrons. The topological polar surface area (TPSA) is 103 Å². The first-order chi connectivity index (χ1) is 9.49. The number of aromatic nitrogens is 1. The zero-order chi connectivity index (χ0) is 14.7. The van der Waals surface area contributed by atoms with Gasteiger partial charge in [-0.15, -0.1) is 0 Å². The summed E-state index contributed by atoms with van der Waals surface area (Å²) in [5.74, 6) is -0.756. The molecule has 8 heteroatoms. The van der Waals surface area contributed by atoms with Crippen LogP contribution in [0.1, 0.15) is 10.5 Å². The third-order valence-corrected chi connectivity index (χ3v) is 3.11. The van der Waals surface area contributed by atoms with Crippen LogP contribution in [0.4, 0.5) is 5.69 Å². The molecule has 0 fully saturated rings. The molecule has 0 amide bonds. The number of carboxylic acid groups (broad SMARTS) is 1. The summed E-state index contributed by atoms with van der Waals surface area (Å²) in [5.41, 5.74) is -0.320. The van der Waals surface area contributed by atoms with Gasteiger partial charge >= 0.3 is 5.97 Å². The number of benzene rings is 1. The van der Waals surface area contributed by atoms with E-state index in [1.807, 2.05) is 0 Å². The molecular formula is C12H7BrN2O5. The van der Waals surface area contributed by atoms with E-state index in [1.54, 1.807) is 0 Å². The molecule has 1 N–H and O–H groups in total. The molecule has 1 aromatic heterocycles. The molecule has 0 radical (unpaired) electrons. The Bertz CT molecular complexity index is 689. The zero-order valence-electron chi connectivity index (χ0n) is 9.82. The van der Waals surface area contributed by atoms with Gasteiger partial charge in [-0.25, -0.2) is 9.78 Å². The van der Waals surface area contributed by atoms with Gasteiger partial charge in [0.15, 0.2) is 5.69 Å². The van der Waals surface area contributed by atoms with Crippen molar-refractivity contribution in [2.24, 2.45) is 0 Å². The van der Waals surface area contributed by atoms with Crippen LogP contribution in [0.5, 0.6) is 11.5 Å². The summed E-state index contributed by atoms with van der Waals surface area (Å²) in [6, 6.07) is 7.01. The summed E-state index contributed by atoms with van der Waals surface area (Å²) in [6.07, 6.45) is 1.28. The Kier molecular flexibility index (Phi) is 3.94. The Balaban J connectivity index is 2.35. The number of pyridine rings is 1. The number of nitro groups is 1. The second-order valence-corrected chi connectivity index (χ2v) is 4.42. The first-order valence-electron chi connectivity index (χ1n) is 5.29. The Morgan fingerprint density at radius 1 is 1.40 bits per heavy atom. The van der Waals surface area contributed by atoms with Gasteiger partial charge in [0.1, 0.15) is 16.0 Å². The second-order valence-electron chi connectivity index (χ2n) is 3.63. The fraction of sp³-hybridized carbons (Fsp3) is 0. The molecule has 20 heavy (non-hydrogen) atoms. The smallest absolute Gasteiger partial charge is 0.354 e. The molecule has 0 bridgehead atoms. The number of hydrogen-bond acceptors (Lipinski definition) is 5. The highest BCUT2D eigenvalue weighted by atomic mass is 79.9. The number of carboxylic acids is 1. The second kappa shape index (κ2) is 5.66. The van der Waals surface area contributed by atoms with Gasteiger partial charge in [-0.3, -0.25) is 10.1 Å². The molecule has 0 aliphatic heterocycles. The number of carbonyl (C=O) groups is 1. The lowest BCUT2D eigenvalue weighted by Gasteiger charge is -2.08. The van der Waals surface area contributed by atoms with Crippen LogP contribution in [-0.2, 0) is 0 Å². The minimum absolute atomic E-state index is 0.144. The third-order valence-electron chi connectivity index (χ3n) is 2.32. The van der Waals surface area contributed by atoms with E-state index in [0.29, 0.717) is 0 Å². The maximum absolute atomic E-state index is 10.8. The lowest BCUT2D eigenvalue weighted by Crippen LogP contribution is -2.00. The minimum Gasteiger partial charge on any atom is -0.477 e. The minimum atomic E-state index is -1.19. The SMILES string of the molecule is O=C(O)c1cc(Oc2cccc([N+](=O)[O-])c2Br)ccn1. The molecule has 2 aromatic rings. The predicted molar refractivity (Wildman–Crippen MR) is 72.1 cm³/mol. The first-order valence-corrected chi connectivity index (χ1v) is 6.08. The maximum atomic E-state index is 10.8. The average Bonchev–Trinajstić information content (AvgIpc) is 2.41. The van der Waals surface area contributed by atoms with Crippen LogP contribution in [0.25, 0.3) is 0 Å². The van der Waals surface area contributed by atoms with Crippen molar-refractivity contribution in [2.75, 3.05) is 0 Å². The van der Waals surface area contributed by atoms with Crippen LogP contribution in [0.2, 0.25) is 0 Å². The van der Waals surface area contributed by atoms with E-state index in [4.69, 9.17) is 9.84 Å². The standard InChI is InChI=1S/C12H7BrN2O5/c13-11-9(15(18)19)2-1-3-10(11)20-7-4-5-14-8(6-7)12(16)17/h1-6H,(H,16,17). The molecular weight excluding hydrogens is 332 g/mol. The van der Waals surface area contributed by atoms with Crippen molar-refractivity contribution in [3.05, 3.63) is 56.8 Å². The van der Waals surface area contributed by atoms with Gasteiger partial charge in [-0.1, -0.05) is 6.07 Å². The Labute approximate surface area is 121 Å². The average molecular weight is 339 g/mol. The van der Waals surface area contributed by atoms with Crippen molar-refractivity contribution in [3.8, 4) is 11.5 Å². The third kappa shape index (κ3) is 2.91. The van der Waals surface area contributed by atoms with Crippen LogP contribution >= 0.6 is 15.9 Å². The van der Waals surface area contributed by atoms with E-state index < -0.39 is 10.9 Å². The van der Waals surface area contributed by atoms with Crippen LogP contribution in [0.15, 0.2) is 41.0 Å². The van der Waals surface area contributed by atoms with Crippen molar-refractivity contribution in [2.45, 2.75) is 0 Å². The van der Waals surface area contributed by atoms with Crippen molar-refractivity contribution in [1.82, 2.24) is 4.98 Å². The van der Waals surface area contributed by atoms with Crippen molar-refractivity contribution < 1.29 is 19.6 Å². The van der Waals surface area contributed by atoms with Crippen molar-refractivity contribution >= 4 is 27.6 Å². The Hall–Kier alpha value is -2.48. The molecule has 0 aliphatic carbocycles. The van der Waals surface area contributed by atoms with E-state index in [-0.39, 0.29) is 27.4 Å². The lowest BCUT2D eigenvalue weighted by molar-refractivity contribution is -0.385. The van der Waals surface area contributed by atoms with Gasteiger partial charge in [0, 0.05) is 18.3 Å². The van der Waals surface area contributed by atoms with Gasteiger partial charge in [0.05, 0.1) is 4.92 Å². The van der Waals surface area contributed by atoms with E-state index in [2.05, 4.69) is 20.9 Å². The summed E-state index contributed by atoms with van der Waals surface area (Å²) >= 11 is 3.09. The number of rotatable bonds is 4. The zero-order valence-corrected chi connectivity index (χ0v) is 11.4. The normalized spacial score (nSPS) is 10.1. The molecule has 1 aromatic carbocycles. The molecule has 2 rings (SSSR count). The van der Waals surface area contributed by atoms with Gasteiger partial charge in [0.25, 0.3) is 5.69 Å². The molecule has 0 saturated heterocycles.